The van der Waals surface area contributed by atoms with E-state index in [2.05, 4.69) is 117 Å². The SMILES string of the molecule is [2H]CC1OC(n2cnc3c(=O)[nH]c(NC(=O)COc4ccc(C(C)C)cc4)nc32)C(OC)C1OP(OCCc1ccccc1SSC(C)(C)CCC(=O)NCc1ccc(C2OCC(CC)(CC)CO2)cc1)N(C(C)C)C(C)C.[3H]OC. The Bertz CT molecular complexity index is 2790. The van der Waals surface area contributed by atoms with Gasteiger partial charge in [-0.05, 0) is 115 Å². The van der Waals surface area contributed by atoms with Gasteiger partial charge in [0.25, 0.3) is 20.0 Å². The molecule has 2 aliphatic heterocycles. The Labute approximate surface area is 478 Å². The van der Waals surface area contributed by atoms with Crippen LogP contribution in [-0.2, 0) is 50.5 Å². The number of methoxy groups -OCH3 is 1. The molecule has 4 N–H and O–H groups in total. The number of nitrogens with zero attached hydrogens (tertiary/aromatic N) is 4. The maximum Gasteiger partial charge on any atom is 0.280 e. The predicted octanol–water partition coefficient (Wildman–Crippen LogP) is 11.3. The van der Waals surface area contributed by atoms with E-state index in [4.69, 9.17) is 35.5 Å². The van der Waals surface area contributed by atoms with Crippen LogP contribution in [0.15, 0.2) is 88.8 Å². The number of hydrogen-bond acceptors (Lipinski definition) is 16. The fraction of sp³-hybridized carbons (Fsp3) is 0.569. The van der Waals surface area contributed by atoms with Crippen molar-refractivity contribution in [2.24, 2.45) is 5.41 Å². The molecule has 18 nitrogen and oxygen atoms in total. The molecule has 21 heteroatoms. The van der Waals surface area contributed by atoms with Crippen molar-refractivity contribution in [2.45, 2.75) is 173 Å². The molecule has 0 radical (unpaired) electrons. The number of ether oxygens (including phenoxy) is 5. The third-order valence-corrected chi connectivity index (χ3v) is 19.7. The Hall–Kier alpha value is -4.44. The molecule has 3 aromatic carbocycles. The minimum atomic E-state index is -1.73. The Balaban J connectivity index is 0.00000344. The predicted molar refractivity (Wildman–Crippen MR) is 314 cm³/mol. The zero-order chi connectivity index (χ0) is 58.9. The second kappa shape index (κ2) is 30.0. The summed E-state index contributed by atoms with van der Waals surface area (Å²) in [6, 6.07) is 24.0. The van der Waals surface area contributed by atoms with Gasteiger partial charge in [0.1, 0.15) is 18.0 Å². The Morgan fingerprint density at radius 3 is 2.33 bits per heavy atom. The van der Waals surface area contributed by atoms with Crippen LogP contribution in [0.3, 0.4) is 0 Å². The van der Waals surface area contributed by atoms with E-state index in [9.17, 15) is 14.4 Å². The van der Waals surface area contributed by atoms with Gasteiger partial charge in [-0.25, -0.2) is 9.65 Å². The van der Waals surface area contributed by atoms with Gasteiger partial charge in [-0.1, -0.05) is 104 Å². The number of carbonyl (C=O) groups excluding carboxylic acids is 2. The van der Waals surface area contributed by atoms with Gasteiger partial charge in [0, 0.05) is 61.3 Å². The van der Waals surface area contributed by atoms with Crippen molar-refractivity contribution in [3.8, 4) is 5.75 Å². The molecule has 7 rings (SSSR count). The number of imidazole rings is 1. The van der Waals surface area contributed by atoms with Crippen molar-refractivity contribution in [1.29, 1.82) is 1.43 Å². The van der Waals surface area contributed by atoms with Gasteiger partial charge in [0.05, 0.1) is 32.3 Å². The lowest BCUT2D eigenvalue weighted by Gasteiger charge is -2.39. The molecular weight excluding hydrogens is 1070 g/mol. The molecule has 0 spiro atoms. The highest BCUT2D eigenvalue weighted by atomic mass is 33.1. The van der Waals surface area contributed by atoms with Crippen molar-refractivity contribution in [3.05, 3.63) is 112 Å². The quantitative estimate of drug-likeness (QED) is 0.0285. The molecule has 4 heterocycles. The number of aliphatic hydroxyl groups excluding tert-OH is 1. The molecule has 0 aliphatic carbocycles. The maximum absolute atomic E-state index is 13.3. The highest BCUT2D eigenvalue weighted by molar-refractivity contribution is 8.77. The fourth-order valence-electron chi connectivity index (χ4n) is 9.14. The molecule has 5 unspecified atom stereocenters. The summed E-state index contributed by atoms with van der Waals surface area (Å²) < 4.78 is 62.1. The van der Waals surface area contributed by atoms with E-state index in [1.54, 1.807) is 33.3 Å². The van der Waals surface area contributed by atoms with E-state index in [1.807, 2.05) is 60.7 Å². The van der Waals surface area contributed by atoms with E-state index in [1.165, 1.54) is 13.4 Å². The number of benzene rings is 3. The number of amides is 2. The number of aromatic amines is 1. The number of rotatable bonds is 27. The number of fused-ring (bicyclic) bond motifs is 1. The van der Waals surface area contributed by atoms with Crippen LogP contribution in [0.25, 0.3) is 11.2 Å². The lowest BCUT2D eigenvalue weighted by molar-refractivity contribution is -0.235. The lowest BCUT2D eigenvalue weighted by atomic mass is 9.83. The van der Waals surface area contributed by atoms with E-state index >= 15 is 0 Å². The van der Waals surface area contributed by atoms with Crippen LogP contribution in [0.4, 0.5) is 5.95 Å². The van der Waals surface area contributed by atoms with Crippen LogP contribution in [0.2, 0.25) is 0 Å². The van der Waals surface area contributed by atoms with Crippen molar-refractivity contribution in [1.82, 2.24) is 29.5 Å². The van der Waals surface area contributed by atoms with Gasteiger partial charge < -0.3 is 43.2 Å². The number of nitrogens with one attached hydrogen (secondary N) is 3. The van der Waals surface area contributed by atoms with Crippen LogP contribution in [0.5, 0.6) is 5.75 Å². The second-order valence-corrected chi connectivity index (χ2v) is 25.5. The first-order chi connectivity index (χ1) is 38.8. The van der Waals surface area contributed by atoms with E-state index < -0.39 is 44.5 Å². The van der Waals surface area contributed by atoms with Gasteiger partial charge >= 0.3 is 0 Å². The van der Waals surface area contributed by atoms with Gasteiger partial charge in [0.2, 0.25) is 13.3 Å². The average Bonchev–Trinajstić information content (AvgIpc) is 3.88. The number of aromatic nitrogens is 4. The first kappa shape index (κ1) is 60.7. The molecule has 5 atom stereocenters. The summed E-state index contributed by atoms with van der Waals surface area (Å²) >= 11 is 0. The topological polar surface area (TPSA) is 210 Å². The molecule has 2 amide bonds. The lowest BCUT2D eigenvalue weighted by Crippen LogP contribution is -2.39. The summed E-state index contributed by atoms with van der Waals surface area (Å²) in [6.07, 6.45) is 1.65. The van der Waals surface area contributed by atoms with Gasteiger partial charge in [0.15, 0.2) is 30.3 Å². The number of carbonyl (C=O) groups is 2. The molecule has 5 aromatic rings. The van der Waals surface area contributed by atoms with Crippen LogP contribution in [-0.4, -0.2) is 118 Å². The molecule has 0 bridgehead atoms. The number of aliphatic hydroxyl groups is 1. The summed E-state index contributed by atoms with van der Waals surface area (Å²) in [7, 11) is 4.56. The number of anilines is 1. The monoisotopic (exact) mass is 1150 g/mol. The molecule has 2 saturated heterocycles. The molecule has 79 heavy (non-hydrogen) atoms. The molecule has 434 valence electrons. The highest BCUT2D eigenvalue weighted by Gasteiger charge is 2.48. The first-order valence-electron chi connectivity index (χ1n) is 28.3. The minimum absolute atomic E-state index is 0.0112. The summed E-state index contributed by atoms with van der Waals surface area (Å²) in [5, 5.41) is 9.23. The smallest absolute Gasteiger partial charge is 0.280 e. The fourth-order valence-corrected chi connectivity index (χ4v) is 13.5. The van der Waals surface area contributed by atoms with Crippen LogP contribution >= 0.6 is 30.1 Å². The molecule has 2 aromatic heterocycles. The van der Waals surface area contributed by atoms with Crippen LogP contribution < -0.4 is 20.9 Å². The normalized spacial score (nSPS) is 19.3. The van der Waals surface area contributed by atoms with Crippen molar-refractivity contribution >= 4 is 59.0 Å². The number of hydrogen-bond donors (Lipinski definition) is 4. The molecule has 2 aliphatic rings. The highest BCUT2D eigenvalue weighted by Crippen LogP contribution is 2.51. The summed E-state index contributed by atoms with van der Waals surface area (Å²) in [6.45, 7) is 23.0. The maximum atomic E-state index is 13.3. The number of H-pyrrole nitrogens is 1. The molecule has 0 saturated carbocycles. The second-order valence-electron chi connectivity index (χ2n) is 21.2. The zero-order valence-electron chi connectivity index (χ0n) is 49.9. The third-order valence-electron chi connectivity index (χ3n) is 14.1. The van der Waals surface area contributed by atoms with Gasteiger partial charge in [-0.15, -0.1) is 0 Å². The van der Waals surface area contributed by atoms with Gasteiger partial charge in [-0.2, -0.15) is 4.98 Å². The minimum Gasteiger partial charge on any atom is -0.484 e. The molecule has 2 fully saturated rings. The average molecular weight is 1150 g/mol. The Morgan fingerprint density at radius 2 is 1.70 bits per heavy atom. The first-order valence-corrected chi connectivity index (χ1v) is 30.4. The van der Waals surface area contributed by atoms with Crippen molar-refractivity contribution in [2.75, 3.05) is 46.0 Å². The van der Waals surface area contributed by atoms with E-state index in [-0.39, 0.29) is 65.1 Å². The van der Waals surface area contributed by atoms with Gasteiger partial charge in [-0.3, -0.25) is 29.3 Å². The molecular formula is C58H84N7O11PS2. The Kier molecular flexibility index (Phi) is 23.1. The Morgan fingerprint density at radius 1 is 1.01 bits per heavy atom. The summed E-state index contributed by atoms with van der Waals surface area (Å²) in [4.78, 5) is 52.1. The third kappa shape index (κ3) is 17.3. The van der Waals surface area contributed by atoms with Crippen LogP contribution in [0.1, 0.15) is 144 Å². The summed E-state index contributed by atoms with van der Waals surface area (Å²) in [5.74, 6) is 0.284. The van der Waals surface area contributed by atoms with Crippen molar-refractivity contribution in [3.63, 3.8) is 0 Å². The summed E-state index contributed by atoms with van der Waals surface area (Å²) in [5.41, 5.74) is 3.98. The van der Waals surface area contributed by atoms with Crippen LogP contribution in [0, 0.1) is 5.41 Å². The standard InChI is InChI=1S/C57H80N7O10PS2.CH4O/c1-13-57(14-2)33-70-54(71-34-57)43-21-19-40(20-22-43)31-58-46(65)27-29-56(10,11)77-76-45-18-16-15-17-42(45)28-30-72-75(64(37(5)6)38(7)8)74-49-39(9)73-53(50(49)68-12)63-35-59-48-51(63)61-55(62-52(48)67)60-47(66)32-69-44-25-23-41(24-26-44)36(3)4;1-2/h15-26,35-39,49-50,53-54H,13-14,27-34H2,1-12H3,(H,58,65)(H2,60,61,62,66,67);2H,1H3/i9D;2T. The zero-order valence-corrected chi connectivity index (χ0v) is 50.5. The van der Waals surface area contributed by atoms with E-state index in [0.29, 0.717) is 57.3 Å². The van der Waals surface area contributed by atoms with E-state index in [0.717, 1.165) is 40.0 Å². The van der Waals surface area contributed by atoms with Crippen molar-refractivity contribution < 1.29 is 48.8 Å². The largest absolute Gasteiger partial charge is 0.484 e.